The second-order valence-electron chi connectivity index (χ2n) is 8.90. The van der Waals surface area contributed by atoms with Crippen molar-refractivity contribution in [3.05, 3.63) is 53.6 Å². The highest BCUT2D eigenvalue weighted by Gasteiger charge is 2.68. The van der Waals surface area contributed by atoms with Crippen LogP contribution in [0, 0.1) is 11.8 Å². The molecule has 36 heavy (non-hydrogen) atoms. The third-order valence-electron chi connectivity index (χ3n) is 7.13. The average molecular weight is 495 g/mol. The molecule has 0 aliphatic carbocycles. The maximum Gasteiger partial charge on any atom is 0.327 e. The van der Waals surface area contributed by atoms with Gasteiger partial charge in [0.15, 0.2) is 17.3 Å². The molecule has 9 heteroatoms. The first-order valence-corrected chi connectivity index (χ1v) is 11.9. The number of anilines is 1. The number of carbonyl (C=O) groups is 4. The van der Waals surface area contributed by atoms with Crippen LogP contribution in [-0.4, -0.2) is 49.9 Å². The SMILES string of the molecule is CCOC(=O)[C@@]1(CC)N[C@@H](c2ccc(OC)c(OC)c2)[C@H]2C(=O)N(c3cccc(C(C)=O)c3)C(=O)[C@H]21. The van der Waals surface area contributed by atoms with Crippen molar-refractivity contribution in [3.63, 3.8) is 0 Å². The van der Waals surface area contributed by atoms with E-state index in [1.807, 2.05) is 0 Å². The van der Waals surface area contributed by atoms with Gasteiger partial charge in [-0.2, -0.15) is 0 Å². The molecule has 2 aliphatic heterocycles. The van der Waals surface area contributed by atoms with Gasteiger partial charge in [-0.3, -0.25) is 24.5 Å². The molecule has 0 unspecified atom stereocenters. The molecule has 0 bridgehead atoms. The molecule has 4 rings (SSSR count). The van der Waals surface area contributed by atoms with E-state index in [9.17, 15) is 19.2 Å². The number of hydrogen-bond acceptors (Lipinski definition) is 8. The van der Waals surface area contributed by atoms with Crippen molar-refractivity contribution < 1.29 is 33.4 Å². The molecule has 2 fully saturated rings. The lowest BCUT2D eigenvalue weighted by atomic mass is 9.78. The maximum absolute atomic E-state index is 13.9. The predicted molar refractivity (Wildman–Crippen MR) is 131 cm³/mol. The number of rotatable bonds is 8. The summed E-state index contributed by atoms with van der Waals surface area (Å²) in [6, 6.07) is 11.0. The van der Waals surface area contributed by atoms with Crippen molar-refractivity contribution in [3.8, 4) is 11.5 Å². The largest absolute Gasteiger partial charge is 0.493 e. The third kappa shape index (κ3) is 3.83. The van der Waals surface area contributed by atoms with E-state index < -0.39 is 41.2 Å². The molecule has 2 aliphatic rings. The molecule has 2 heterocycles. The number of benzene rings is 2. The van der Waals surface area contributed by atoms with Crippen molar-refractivity contribution in [2.45, 2.75) is 38.8 Å². The van der Waals surface area contributed by atoms with Crippen molar-refractivity contribution >= 4 is 29.3 Å². The smallest absolute Gasteiger partial charge is 0.327 e. The summed E-state index contributed by atoms with van der Waals surface area (Å²) in [4.78, 5) is 54.2. The summed E-state index contributed by atoms with van der Waals surface area (Å²) in [5.74, 6) is -2.61. The highest BCUT2D eigenvalue weighted by molar-refractivity contribution is 6.24. The van der Waals surface area contributed by atoms with E-state index in [1.165, 1.54) is 27.2 Å². The van der Waals surface area contributed by atoms with E-state index in [0.717, 1.165) is 4.90 Å². The molecule has 2 aromatic carbocycles. The monoisotopic (exact) mass is 494 g/mol. The molecular weight excluding hydrogens is 464 g/mol. The first-order valence-electron chi connectivity index (χ1n) is 11.9. The summed E-state index contributed by atoms with van der Waals surface area (Å²) < 4.78 is 16.2. The number of amides is 2. The van der Waals surface area contributed by atoms with Crippen LogP contribution in [0.1, 0.15) is 49.2 Å². The van der Waals surface area contributed by atoms with Crippen molar-refractivity contribution in [2.24, 2.45) is 11.8 Å². The number of nitrogens with one attached hydrogen (secondary N) is 1. The Labute approximate surface area is 209 Å². The van der Waals surface area contributed by atoms with Crippen molar-refractivity contribution in [2.75, 3.05) is 25.7 Å². The highest BCUT2D eigenvalue weighted by Crippen LogP contribution is 2.52. The van der Waals surface area contributed by atoms with Crippen molar-refractivity contribution in [1.82, 2.24) is 5.32 Å². The normalized spacial score (nSPS) is 25.0. The number of hydrogen-bond donors (Lipinski definition) is 1. The molecule has 0 saturated carbocycles. The summed E-state index contributed by atoms with van der Waals surface area (Å²) in [6.45, 7) is 5.03. The van der Waals surface area contributed by atoms with Crippen LogP contribution in [0.15, 0.2) is 42.5 Å². The minimum absolute atomic E-state index is 0.132. The van der Waals surface area contributed by atoms with Crippen LogP contribution in [0.4, 0.5) is 5.69 Å². The minimum Gasteiger partial charge on any atom is -0.493 e. The topological polar surface area (TPSA) is 111 Å². The Hall–Kier alpha value is -3.72. The fourth-order valence-corrected chi connectivity index (χ4v) is 5.37. The highest BCUT2D eigenvalue weighted by atomic mass is 16.5. The fourth-order valence-electron chi connectivity index (χ4n) is 5.37. The lowest BCUT2D eigenvalue weighted by Crippen LogP contribution is -2.56. The molecule has 2 saturated heterocycles. The van der Waals surface area contributed by atoms with Gasteiger partial charge >= 0.3 is 5.97 Å². The van der Waals surface area contributed by atoms with E-state index in [4.69, 9.17) is 14.2 Å². The molecule has 2 aromatic rings. The number of esters is 1. The zero-order valence-corrected chi connectivity index (χ0v) is 21.0. The van der Waals surface area contributed by atoms with Crippen LogP contribution in [0.3, 0.4) is 0 Å². The van der Waals surface area contributed by atoms with Gasteiger partial charge in [-0.15, -0.1) is 0 Å². The van der Waals surface area contributed by atoms with Gasteiger partial charge in [0, 0.05) is 11.6 Å². The number of imide groups is 1. The minimum atomic E-state index is -1.40. The Bertz CT molecular complexity index is 1230. The van der Waals surface area contributed by atoms with Gasteiger partial charge in [0.05, 0.1) is 38.3 Å². The van der Waals surface area contributed by atoms with Gasteiger partial charge in [0.2, 0.25) is 11.8 Å². The average Bonchev–Trinajstić information content (AvgIpc) is 3.37. The van der Waals surface area contributed by atoms with Crippen LogP contribution in [0.5, 0.6) is 11.5 Å². The summed E-state index contributed by atoms with van der Waals surface area (Å²) >= 11 is 0. The number of ether oxygens (including phenoxy) is 3. The van der Waals surface area contributed by atoms with E-state index >= 15 is 0 Å². The van der Waals surface area contributed by atoms with Crippen molar-refractivity contribution in [1.29, 1.82) is 0 Å². The van der Waals surface area contributed by atoms with Crippen LogP contribution in [0.25, 0.3) is 0 Å². The Morgan fingerprint density at radius 3 is 2.33 bits per heavy atom. The first-order chi connectivity index (χ1) is 17.2. The fraction of sp³-hybridized carbons (Fsp3) is 0.407. The third-order valence-corrected chi connectivity index (χ3v) is 7.13. The molecule has 2 amide bonds. The Balaban J connectivity index is 1.86. The number of ketones is 1. The predicted octanol–water partition coefficient (Wildman–Crippen LogP) is 3.07. The lowest BCUT2D eigenvalue weighted by Gasteiger charge is -2.32. The number of carbonyl (C=O) groups excluding carboxylic acids is 4. The second kappa shape index (κ2) is 9.73. The lowest BCUT2D eigenvalue weighted by molar-refractivity contribution is -0.154. The van der Waals surface area contributed by atoms with E-state index in [0.29, 0.717) is 28.3 Å². The number of nitrogens with zero attached hydrogens (tertiary/aromatic N) is 1. The van der Waals surface area contributed by atoms with E-state index in [1.54, 1.807) is 50.2 Å². The standard InChI is InChI=1S/C27H30N2O7/c1-6-27(26(33)36-7-2)22-21(23(28-27)17-11-12-19(34-4)20(14-17)35-5)24(31)29(25(22)32)18-10-8-9-16(13-18)15(3)30/h8-14,21-23,28H,6-7H2,1-5H3/t21-,22-,23-,27-/m0/s1. The first kappa shape index (κ1) is 25.4. The van der Waals surface area contributed by atoms with Crippen LogP contribution < -0.4 is 19.7 Å². The molecule has 0 aromatic heterocycles. The Morgan fingerprint density at radius 2 is 1.72 bits per heavy atom. The number of methoxy groups -OCH3 is 2. The van der Waals surface area contributed by atoms with Crippen LogP contribution in [-0.2, 0) is 19.1 Å². The van der Waals surface area contributed by atoms with E-state index in [-0.39, 0.29) is 18.8 Å². The van der Waals surface area contributed by atoms with Gasteiger partial charge in [0.25, 0.3) is 0 Å². The molecule has 190 valence electrons. The molecule has 0 radical (unpaired) electrons. The van der Waals surface area contributed by atoms with Gasteiger partial charge in [-0.25, -0.2) is 4.90 Å². The Kier molecular flexibility index (Phi) is 6.86. The molecular formula is C27H30N2O7. The summed E-state index contributed by atoms with van der Waals surface area (Å²) in [5, 5.41) is 3.31. The Morgan fingerprint density at radius 1 is 1.00 bits per heavy atom. The molecule has 9 nitrogen and oxygen atoms in total. The summed E-state index contributed by atoms with van der Waals surface area (Å²) in [6.07, 6.45) is 0.233. The van der Waals surface area contributed by atoms with Gasteiger partial charge in [-0.05, 0) is 50.1 Å². The van der Waals surface area contributed by atoms with Gasteiger partial charge in [0.1, 0.15) is 5.54 Å². The summed E-state index contributed by atoms with van der Waals surface area (Å²) in [5.41, 5.74) is -0.0558. The quantitative estimate of drug-likeness (QED) is 0.339. The van der Waals surface area contributed by atoms with E-state index in [2.05, 4.69) is 5.32 Å². The number of fused-ring (bicyclic) bond motifs is 1. The van der Waals surface area contributed by atoms with Crippen LogP contribution in [0.2, 0.25) is 0 Å². The maximum atomic E-state index is 13.9. The van der Waals surface area contributed by atoms with Crippen LogP contribution >= 0.6 is 0 Å². The second-order valence-corrected chi connectivity index (χ2v) is 8.90. The zero-order valence-electron chi connectivity index (χ0n) is 21.0. The van der Waals surface area contributed by atoms with Gasteiger partial charge in [-0.1, -0.05) is 25.1 Å². The summed E-state index contributed by atoms with van der Waals surface area (Å²) in [7, 11) is 3.03. The van der Waals surface area contributed by atoms with Gasteiger partial charge < -0.3 is 14.2 Å². The molecule has 4 atom stereocenters. The zero-order chi connectivity index (χ0) is 26.2. The molecule has 0 spiro atoms. The molecule has 1 N–H and O–H groups in total. The number of Topliss-reactive ketones (excluding diaryl/α,β-unsaturated/α-hetero) is 1.